The van der Waals surface area contributed by atoms with E-state index in [4.69, 9.17) is 5.73 Å². The number of aromatic nitrogens is 2. The van der Waals surface area contributed by atoms with Crippen LogP contribution in [0, 0.1) is 3.57 Å². The van der Waals surface area contributed by atoms with Crippen molar-refractivity contribution in [2.75, 3.05) is 7.11 Å². The summed E-state index contributed by atoms with van der Waals surface area (Å²) in [6, 6.07) is 0. The van der Waals surface area contributed by atoms with Crippen LogP contribution in [0.3, 0.4) is 0 Å². The van der Waals surface area contributed by atoms with Crippen LogP contribution in [0.5, 0.6) is 0 Å². The second-order valence-electron chi connectivity index (χ2n) is 2.77. The molecule has 0 saturated carbocycles. The van der Waals surface area contributed by atoms with Gasteiger partial charge < -0.3 is 10.5 Å². The fraction of sp³-hybridized carbons (Fsp3) is 0.500. The molecule has 1 heterocycles. The number of hydrogen-bond acceptors (Lipinski definition) is 4. The van der Waals surface area contributed by atoms with Crippen LogP contribution >= 0.6 is 22.6 Å². The fourth-order valence-electron chi connectivity index (χ4n) is 0.961. The Hall–Kier alpha value is -0.630. The van der Waals surface area contributed by atoms with Gasteiger partial charge in [-0.05, 0) is 29.0 Å². The third kappa shape index (κ3) is 2.24. The molecule has 0 saturated heterocycles. The second kappa shape index (κ2) is 4.74. The summed E-state index contributed by atoms with van der Waals surface area (Å²) in [5.74, 6) is -0.434. The molecule has 0 fully saturated rings. The van der Waals surface area contributed by atoms with Crippen molar-refractivity contribution >= 4 is 28.6 Å². The molecule has 0 aliphatic heterocycles. The van der Waals surface area contributed by atoms with Crippen molar-refractivity contribution in [3.05, 3.63) is 15.5 Å². The van der Waals surface area contributed by atoms with Crippen molar-refractivity contribution < 1.29 is 9.53 Å². The van der Waals surface area contributed by atoms with Gasteiger partial charge in [0.25, 0.3) is 0 Å². The highest BCUT2D eigenvalue weighted by atomic mass is 127. The van der Waals surface area contributed by atoms with Crippen molar-refractivity contribution in [2.45, 2.75) is 19.5 Å². The predicted molar refractivity (Wildman–Crippen MR) is 59.8 cm³/mol. The van der Waals surface area contributed by atoms with Crippen molar-refractivity contribution in [1.82, 2.24) is 9.78 Å². The summed E-state index contributed by atoms with van der Waals surface area (Å²) in [6.45, 7) is 1.96. The number of carbonyl (C=O) groups is 1. The van der Waals surface area contributed by atoms with Gasteiger partial charge in [0.2, 0.25) is 0 Å². The molecule has 0 aliphatic carbocycles. The number of nitrogens with two attached hydrogens (primary N) is 1. The minimum absolute atomic E-state index is 0.193. The molecule has 0 aliphatic rings. The molecular formula is C8H12IN3O2. The summed E-state index contributed by atoms with van der Waals surface area (Å²) < 4.78 is 6.91. The molecule has 1 unspecified atom stereocenters. The quantitative estimate of drug-likeness (QED) is 0.671. The van der Waals surface area contributed by atoms with Gasteiger partial charge in [0.1, 0.15) is 0 Å². The molecule has 1 atom stereocenters. The molecule has 78 valence electrons. The van der Waals surface area contributed by atoms with Crippen LogP contribution in [0.15, 0.2) is 6.20 Å². The molecule has 1 aromatic heterocycles. The molecule has 0 radical (unpaired) electrons. The molecular weight excluding hydrogens is 297 g/mol. The zero-order valence-electron chi connectivity index (χ0n) is 8.03. The van der Waals surface area contributed by atoms with Gasteiger partial charge in [0.15, 0.2) is 5.69 Å². The Morgan fingerprint density at radius 2 is 2.50 bits per heavy atom. The van der Waals surface area contributed by atoms with Crippen LogP contribution in [0.25, 0.3) is 0 Å². The van der Waals surface area contributed by atoms with E-state index in [-0.39, 0.29) is 6.17 Å². The summed E-state index contributed by atoms with van der Waals surface area (Å²) in [6.07, 6.45) is 2.31. The number of hydrogen-bond donors (Lipinski definition) is 1. The average molecular weight is 309 g/mol. The lowest BCUT2D eigenvalue weighted by Gasteiger charge is -2.07. The summed E-state index contributed by atoms with van der Waals surface area (Å²) in [4.78, 5) is 11.2. The molecule has 14 heavy (non-hydrogen) atoms. The normalized spacial score (nSPS) is 12.6. The summed E-state index contributed by atoms with van der Waals surface area (Å²) in [5.41, 5.74) is 6.08. The van der Waals surface area contributed by atoms with E-state index in [1.54, 1.807) is 10.9 Å². The lowest BCUT2D eigenvalue weighted by atomic mass is 10.4. The third-order valence-electron chi connectivity index (χ3n) is 1.82. The Morgan fingerprint density at radius 3 is 3.00 bits per heavy atom. The Labute approximate surface area is 95.7 Å². The van der Waals surface area contributed by atoms with Crippen LogP contribution in [-0.2, 0) is 4.74 Å². The standard InChI is InChI=1S/C8H12IN3O2/c1-3-6(10)12-4-5(9)7(11-12)8(13)14-2/h4,6H,3,10H2,1-2H3. The van der Waals surface area contributed by atoms with E-state index in [1.807, 2.05) is 29.5 Å². The van der Waals surface area contributed by atoms with E-state index < -0.39 is 5.97 Å². The van der Waals surface area contributed by atoms with E-state index in [1.165, 1.54) is 7.11 Å². The van der Waals surface area contributed by atoms with Crippen molar-refractivity contribution in [1.29, 1.82) is 0 Å². The first-order chi connectivity index (χ1) is 6.60. The van der Waals surface area contributed by atoms with Gasteiger partial charge in [-0.1, -0.05) is 6.92 Å². The molecule has 0 bridgehead atoms. The van der Waals surface area contributed by atoms with Crippen LogP contribution in [-0.4, -0.2) is 22.9 Å². The number of esters is 1. The van der Waals surface area contributed by atoms with Crippen molar-refractivity contribution in [3.8, 4) is 0 Å². The van der Waals surface area contributed by atoms with Crippen LogP contribution < -0.4 is 5.73 Å². The van der Waals surface area contributed by atoms with Crippen molar-refractivity contribution in [3.63, 3.8) is 0 Å². The molecule has 1 rings (SSSR count). The second-order valence-corrected chi connectivity index (χ2v) is 3.94. The highest BCUT2D eigenvalue weighted by Gasteiger charge is 2.16. The molecule has 0 aromatic carbocycles. The van der Waals surface area contributed by atoms with Gasteiger partial charge >= 0.3 is 5.97 Å². The number of carbonyl (C=O) groups excluding carboxylic acids is 1. The van der Waals surface area contributed by atoms with Gasteiger partial charge in [-0.3, -0.25) is 4.68 Å². The predicted octanol–water partition coefficient (Wildman–Crippen LogP) is 1.14. The van der Waals surface area contributed by atoms with Gasteiger partial charge in [0.05, 0.1) is 16.8 Å². The lowest BCUT2D eigenvalue weighted by molar-refractivity contribution is 0.0591. The zero-order chi connectivity index (χ0) is 10.7. The maximum atomic E-state index is 11.2. The van der Waals surface area contributed by atoms with E-state index in [2.05, 4.69) is 9.84 Å². The van der Waals surface area contributed by atoms with E-state index in [0.29, 0.717) is 5.69 Å². The zero-order valence-corrected chi connectivity index (χ0v) is 10.2. The first-order valence-corrected chi connectivity index (χ1v) is 5.26. The smallest absolute Gasteiger partial charge is 0.359 e. The largest absolute Gasteiger partial charge is 0.464 e. The molecule has 6 heteroatoms. The minimum atomic E-state index is -0.434. The molecule has 1 aromatic rings. The summed E-state index contributed by atoms with van der Waals surface area (Å²) >= 11 is 2.03. The van der Waals surface area contributed by atoms with Crippen LogP contribution in [0.2, 0.25) is 0 Å². The number of ether oxygens (including phenoxy) is 1. The van der Waals surface area contributed by atoms with Gasteiger partial charge in [0, 0.05) is 6.20 Å². The average Bonchev–Trinajstić information content (AvgIpc) is 2.58. The fourth-order valence-corrected chi connectivity index (χ4v) is 1.57. The van der Waals surface area contributed by atoms with Crippen molar-refractivity contribution in [2.24, 2.45) is 5.73 Å². The highest BCUT2D eigenvalue weighted by molar-refractivity contribution is 14.1. The maximum absolute atomic E-state index is 11.2. The first-order valence-electron chi connectivity index (χ1n) is 4.18. The Morgan fingerprint density at radius 1 is 1.86 bits per heavy atom. The maximum Gasteiger partial charge on any atom is 0.359 e. The monoisotopic (exact) mass is 309 g/mol. The molecule has 0 spiro atoms. The molecule has 5 nitrogen and oxygen atoms in total. The van der Waals surface area contributed by atoms with E-state index in [9.17, 15) is 4.79 Å². The Balaban J connectivity index is 2.98. The number of halogens is 1. The molecule has 0 amide bonds. The highest BCUT2D eigenvalue weighted by Crippen LogP contribution is 2.14. The van der Waals surface area contributed by atoms with E-state index in [0.717, 1.165) is 9.99 Å². The third-order valence-corrected chi connectivity index (χ3v) is 2.61. The van der Waals surface area contributed by atoms with Gasteiger partial charge in [-0.15, -0.1) is 0 Å². The first kappa shape index (κ1) is 11.4. The SMILES string of the molecule is CCC(N)n1cc(I)c(C(=O)OC)n1. The number of rotatable bonds is 3. The number of methoxy groups -OCH3 is 1. The summed E-state index contributed by atoms with van der Waals surface area (Å²) in [7, 11) is 1.33. The minimum Gasteiger partial charge on any atom is -0.464 e. The molecule has 2 N–H and O–H groups in total. The summed E-state index contributed by atoms with van der Waals surface area (Å²) in [5, 5.41) is 4.06. The van der Waals surface area contributed by atoms with Gasteiger partial charge in [-0.25, -0.2) is 4.79 Å². The van der Waals surface area contributed by atoms with Gasteiger partial charge in [-0.2, -0.15) is 5.10 Å². The van der Waals surface area contributed by atoms with Crippen LogP contribution in [0.1, 0.15) is 30.0 Å². The number of nitrogens with zero attached hydrogens (tertiary/aromatic N) is 2. The lowest BCUT2D eigenvalue weighted by Crippen LogP contribution is -2.18. The van der Waals surface area contributed by atoms with E-state index >= 15 is 0 Å². The Bertz CT molecular complexity index is 337. The topological polar surface area (TPSA) is 70.1 Å². The van der Waals surface area contributed by atoms with Crippen LogP contribution in [0.4, 0.5) is 0 Å². The Kier molecular flexibility index (Phi) is 3.87.